The van der Waals surface area contributed by atoms with Crippen molar-refractivity contribution in [1.29, 1.82) is 0 Å². The van der Waals surface area contributed by atoms with Crippen LogP contribution in [0.1, 0.15) is 0 Å². The van der Waals surface area contributed by atoms with Crippen LogP contribution in [0.4, 0.5) is 4.79 Å². The Balaban J connectivity index is 3.89. The zero-order valence-electron chi connectivity index (χ0n) is 8.30. The fourth-order valence-electron chi connectivity index (χ4n) is 0.548. The van der Waals surface area contributed by atoms with Gasteiger partial charge in [0.2, 0.25) is 0 Å². The van der Waals surface area contributed by atoms with E-state index in [1.807, 2.05) is 21.1 Å². The average molecular weight is 227 g/mol. The van der Waals surface area contributed by atoms with Crippen molar-refractivity contribution in [3.05, 3.63) is 0 Å². The summed E-state index contributed by atoms with van der Waals surface area (Å²) in [5.41, 5.74) is 0. The van der Waals surface area contributed by atoms with Gasteiger partial charge in [0, 0.05) is 0 Å². The minimum Gasteiger partial charge on any atom is -0.746 e. The molecule has 0 heterocycles. The third kappa shape index (κ3) is 8.00. The smallest absolute Gasteiger partial charge is 0.511 e. The lowest BCUT2D eigenvalue weighted by molar-refractivity contribution is -0.870. The van der Waals surface area contributed by atoms with Crippen molar-refractivity contribution in [3.8, 4) is 0 Å². The molecule has 0 aromatic rings. The van der Waals surface area contributed by atoms with Crippen LogP contribution in [0.15, 0.2) is 0 Å². The molecular weight excluding hydrogens is 213 g/mol. The van der Waals surface area contributed by atoms with Crippen LogP contribution in [0.3, 0.4) is 0 Å². The van der Waals surface area contributed by atoms with Crippen LogP contribution in [-0.4, -0.2) is 50.0 Å². The van der Waals surface area contributed by atoms with Gasteiger partial charge in [-0.15, -0.1) is 0 Å². The summed E-state index contributed by atoms with van der Waals surface area (Å²) in [4.78, 5) is 20.6. The molecule has 84 valence electrons. The van der Waals surface area contributed by atoms with E-state index in [1.165, 1.54) is 0 Å². The predicted octanol–water partition coefficient (Wildman–Crippen LogP) is -0.128. The summed E-state index contributed by atoms with van der Waals surface area (Å²) in [6.07, 6.45) is -1.89. The van der Waals surface area contributed by atoms with E-state index in [2.05, 4.69) is 9.05 Å². The fraction of sp³-hybridized carbons (Fsp3) is 0.833. The Bertz CT molecular complexity index is 247. The molecular formula is C6H14NO6P. The van der Waals surface area contributed by atoms with Gasteiger partial charge in [-0.3, -0.25) is 4.57 Å². The minimum atomic E-state index is -4.69. The predicted molar refractivity (Wildman–Crippen MR) is 45.6 cm³/mol. The van der Waals surface area contributed by atoms with Crippen molar-refractivity contribution < 1.29 is 32.9 Å². The summed E-state index contributed by atoms with van der Waals surface area (Å²) >= 11 is 0. The van der Waals surface area contributed by atoms with Crippen molar-refractivity contribution in [2.75, 3.05) is 34.3 Å². The van der Waals surface area contributed by atoms with E-state index in [9.17, 15) is 14.3 Å². The van der Waals surface area contributed by atoms with Crippen LogP contribution in [0, 0.1) is 0 Å². The molecule has 0 saturated carbocycles. The first kappa shape index (κ1) is 13.4. The molecule has 1 unspecified atom stereocenters. The molecule has 0 rings (SSSR count). The second-order valence-electron chi connectivity index (χ2n) is 3.65. The number of carboxylic acid groups (broad SMARTS) is 1. The molecule has 0 amide bonds. The zero-order chi connectivity index (χ0) is 11.4. The van der Waals surface area contributed by atoms with Crippen LogP contribution in [0.5, 0.6) is 0 Å². The SMILES string of the molecule is C[N+](C)(C)CCOP(=O)([O-])OC(=O)O. The van der Waals surface area contributed by atoms with E-state index in [4.69, 9.17) is 5.11 Å². The third-order valence-corrected chi connectivity index (χ3v) is 2.08. The van der Waals surface area contributed by atoms with Crippen LogP contribution < -0.4 is 4.89 Å². The number of phosphoric ester groups is 1. The Labute approximate surface area is 82.1 Å². The number of hydrogen-bond donors (Lipinski definition) is 1. The van der Waals surface area contributed by atoms with Gasteiger partial charge in [-0.05, 0) is 0 Å². The Morgan fingerprint density at radius 1 is 1.50 bits per heavy atom. The Hall–Kier alpha value is -0.620. The van der Waals surface area contributed by atoms with Gasteiger partial charge in [0.05, 0.1) is 21.1 Å². The largest absolute Gasteiger partial charge is 0.746 e. The fourth-order valence-corrected chi connectivity index (χ4v) is 1.10. The van der Waals surface area contributed by atoms with Gasteiger partial charge in [-0.2, -0.15) is 0 Å². The first-order valence-corrected chi connectivity index (χ1v) is 5.27. The summed E-state index contributed by atoms with van der Waals surface area (Å²) in [5, 5.41) is 8.03. The van der Waals surface area contributed by atoms with E-state index >= 15 is 0 Å². The standard InChI is InChI=1S/C6H14NO6P/c1-7(2,3)4-5-12-14(10,11)13-6(8)9/h4-5H2,1-3H3,(H-,8,9,10,11). The van der Waals surface area contributed by atoms with Crippen molar-refractivity contribution >= 4 is 14.0 Å². The highest BCUT2D eigenvalue weighted by molar-refractivity contribution is 7.46. The second kappa shape index (κ2) is 4.75. The van der Waals surface area contributed by atoms with Gasteiger partial charge >= 0.3 is 14.0 Å². The van der Waals surface area contributed by atoms with Gasteiger partial charge in [0.1, 0.15) is 13.2 Å². The molecule has 0 fully saturated rings. The van der Waals surface area contributed by atoms with E-state index < -0.39 is 14.0 Å². The van der Waals surface area contributed by atoms with Crippen molar-refractivity contribution in [3.63, 3.8) is 0 Å². The number of likely N-dealkylation sites (N-methyl/N-ethyl adjacent to an activating group) is 1. The topological polar surface area (TPSA) is 95.9 Å². The highest BCUT2D eigenvalue weighted by Gasteiger charge is 2.16. The maximum Gasteiger partial charge on any atom is 0.511 e. The third-order valence-electron chi connectivity index (χ3n) is 1.20. The van der Waals surface area contributed by atoms with Gasteiger partial charge in [-0.25, -0.2) is 4.79 Å². The number of nitrogens with zero attached hydrogens (tertiary/aromatic N) is 1. The quantitative estimate of drug-likeness (QED) is 0.519. The Kier molecular flexibility index (Phi) is 4.54. The van der Waals surface area contributed by atoms with E-state index in [-0.39, 0.29) is 6.61 Å². The molecule has 0 aliphatic rings. The Morgan fingerprint density at radius 3 is 2.36 bits per heavy atom. The molecule has 7 nitrogen and oxygen atoms in total. The van der Waals surface area contributed by atoms with Crippen LogP contribution in [0.2, 0.25) is 0 Å². The first-order chi connectivity index (χ1) is 6.12. The molecule has 0 aromatic heterocycles. The van der Waals surface area contributed by atoms with Crippen molar-refractivity contribution in [1.82, 2.24) is 0 Å². The average Bonchev–Trinajstić information content (AvgIpc) is 1.78. The molecule has 0 radical (unpaired) electrons. The lowest BCUT2D eigenvalue weighted by Gasteiger charge is -2.26. The van der Waals surface area contributed by atoms with Crippen LogP contribution >= 0.6 is 7.82 Å². The molecule has 0 bridgehead atoms. The van der Waals surface area contributed by atoms with E-state index in [1.54, 1.807) is 0 Å². The molecule has 8 heteroatoms. The van der Waals surface area contributed by atoms with Crippen molar-refractivity contribution in [2.45, 2.75) is 0 Å². The van der Waals surface area contributed by atoms with E-state index in [0.717, 1.165) is 0 Å². The number of carbonyl (C=O) groups is 1. The Morgan fingerprint density at radius 2 is 2.00 bits per heavy atom. The summed E-state index contributed by atoms with van der Waals surface area (Å²) in [5.74, 6) is 0. The van der Waals surface area contributed by atoms with Crippen molar-refractivity contribution in [2.24, 2.45) is 0 Å². The van der Waals surface area contributed by atoms with Gasteiger partial charge in [-0.1, -0.05) is 0 Å². The molecule has 0 aliphatic heterocycles. The molecule has 14 heavy (non-hydrogen) atoms. The summed E-state index contributed by atoms with van der Waals surface area (Å²) in [6.45, 7) is 0.312. The zero-order valence-corrected chi connectivity index (χ0v) is 9.19. The van der Waals surface area contributed by atoms with E-state index in [0.29, 0.717) is 11.0 Å². The summed E-state index contributed by atoms with van der Waals surface area (Å²) in [7, 11) is 0.839. The highest BCUT2D eigenvalue weighted by atomic mass is 31.2. The van der Waals surface area contributed by atoms with Crippen LogP contribution in [0.25, 0.3) is 0 Å². The monoisotopic (exact) mass is 227 g/mol. The highest BCUT2D eigenvalue weighted by Crippen LogP contribution is 2.37. The normalized spacial score (nSPS) is 16.0. The molecule has 0 aliphatic carbocycles. The maximum absolute atomic E-state index is 10.7. The number of hydrogen-bond acceptors (Lipinski definition) is 5. The number of rotatable bonds is 5. The van der Waals surface area contributed by atoms with Gasteiger partial charge in [0.25, 0.3) is 0 Å². The number of quaternary nitrogens is 1. The lowest BCUT2D eigenvalue weighted by Crippen LogP contribution is -2.37. The molecule has 0 saturated heterocycles. The summed E-state index contributed by atoms with van der Waals surface area (Å²) < 4.78 is 19.1. The summed E-state index contributed by atoms with van der Waals surface area (Å²) in [6, 6.07) is 0. The molecule has 1 N–H and O–H groups in total. The molecule has 0 spiro atoms. The number of phosphoric acid groups is 1. The van der Waals surface area contributed by atoms with Gasteiger partial charge in [0.15, 0.2) is 0 Å². The molecule has 1 atom stereocenters. The van der Waals surface area contributed by atoms with Gasteiger partial charge < -0.3 is 23.5 Å². The second-order valence-corrected chi connectivity index (χ2v) is 4.99. The first-order valence-electron chi connectivity index (χ1n) is 3.81. The minimum absolute atomic E-state index is 0.114. The maximum atomic E-state index is 10.7. The molecule has 0 aromatic carbocycles. The van der Waals surface area contributed by atoms with Crippen LogP contribution in [-0.2, 0) is 13.6 Å². The lowest BCUT2D eigenvalue weighted by atomic mass is 10.5.